The molecule has 0 saturated carbocycles. The summed E-state index contributed by atoms with van der Waals surface area (Å²) in [4.78, 5) is 4.48. The maximum absolute atomic E-state index is 9.57. The smallest absolute Gasteiger partial charge is 0.148 e. The summed E-state index contributed by atoms with van der Waals surface area (Å²) in [6.07, 6.45) is 0.327. The van der Waals surface area contributed by atoms with E-state index in [1.54, 1.807) is 6.92 Å². The highest BCUT2D eigenvalue weighted by Gasteiger charge is 2.10. The molecule has 2 aromatic rings. The van der Waals surface area contributed by atoms with Gasteiger partial charge in [-0.15, -0.1) is 0 Å². The van der Waals surface area contributed by atoms with Crippen molar-refractivity contribution in [2.24, 2.45) is 0 Å². The van der Waals surface area contributed by atoms with Crippen LogP contribution in [-0.2, 0) is 6.42 Å². The highest BCUT2D eigenvalue weighted by molar-refractivity contribution is 9.10. The number of aromatic nitrogens is 1. The normalized spacial score (nSPS) is 12.2. The second-order valence-corrected chi connectivity index (χ2v) is 5.57. The van der Waals surface area contributed by atoms with Gasteiger partial charge >= 0.3 is 0 Å². The second kappa shape index (κ2) is 6.37. The molecule has 1 heterocycles. The largest absolute Gasteiger partial charge is 0.454 e. The summed E-state index contributed by atoms with van der Waals surface area (Å²) < 4.78 is 6.75. The van der Waals surface area contributed by atoms with E-state index in [1.807, 2.05) is 37.3 Å². The minimum Gasteiger partial charge on any atom is -0.454 e. The van der Waals surface area contributed by atoms with Gasteiger partial charge in [-0.25, -0.2) is 0 Å². The summed E-state index contributed by atoms with van der Waals surface area (Å²) in [5.74, 6) is 1.48. The molecule has 3 nitrogen and oxygen atoms in total. The van der Waals surface area contributed by atoms with E-state index in [9.17, 15) is 5.11 Å². The van der Waals surface area contributed by atoms with E-state index in [4.69, 9.17) is 4.74 Å². The molecule has 0 saturated heterocycles. The third kappa shape index (κ3) is 3.38. The number of nitrogens with zero attached hydrogens (tertiary/aromatic N) is 1. The molecule has 1 aromatic carbocycles. The van der Waals surface area contributed by atoms with Gasteiger partial charge in [-0.1, -0.05) is 13.0 Å². The summed E-state index contributed by atoms with van der Waals surface area (Å²) in [7, 11) is 0. The van der Waals surface area contributed by atoms with E-state index in [1.165, 1.54) is 0 Å². The minimum absolute atomic E-state index is 0.493. The number of aliphatic hydroxyl groups is 1. The maximum Gasteiger partial charge on any atom is 0.148 e. The van der Waals surface area contributed by atoms with Gasteiger partial charge in [0, 0.05) is 5.69 Å². The molecule has 0 aliphatic rings. The van der Waals surface area contributed by atoms with E-state index >= 15 is 0 Å². The summed E-state index contributed by atoms with van der Waals surface area (Å²) >= 11 is 3.48. The summed E-state index contributed by atoms with van der Waals surface area (Å²) in [6, 6.07) is 9.46. The van der Waals surface area contributed by atoms with Gasteiger partial charge in [0.05, 0.1) is 16.3 Å². The van der Waals surface area contributed by atoms with Crippen molar-refractivity contribution < 1.29 is 9.84 Å². The molecule has 0 radical (unpaired) electrons. The first-order valence-electron chi connectivity index (χ1n) is 6.63. The number of hydrogen-bond donors (Lipinski definition) is 1. The van der Waals surface area contributed by atoms with Crippen LogP contribution in [0.4, 0.5) is 0 Å². The summed E-state index contributed by atoms with van der Waals surface area (Å²) in [5.41, 5.74) is 2.77. The highest BCUT2D eigenvalue weighted by atomic mass is 79.9. The van der Waals surface area contributed by atoms with E-state index in [0.717, 1.165) is 39.3 Å². The van der Waals surface area contributed by atoms with Gasteiger partial charge in [0.25, 0.3) is 0 Å². The third-order valence-corrected chi connectivity index (χ3v) is 3.68. The molecule has 0 bridgehead atoms. The number of halogens is 1. The van der Waals surface area contributed by atoms with Crippen LogP contribution in [0, 0.1) is 6.92 Å². The third-order valence-electron chi connectivity index (χ3n) is 3.06. The molecule has 106 valence electrons. The Balaban J connectivity index is 2.30. The van der Waals surface area contributed by atoms with Crippen molar-refractivity contribution in [2.45, 2.75) is 33.3 Å². The molecule has 0 amide bonds. The Kier molecular flexibility index (Phi) is 4.78. The predicted octanol–water partition coefficient (Wildman–Crippen LogP) is 4.56. The lowest BCUT2D eigenvalue weighted by Crippen LogP contribution is -1.97. The summed E-state index contributed by atoms with van der Waals surface area (Å²) in [5, 5.41) is 9.57. The van der Waals surface area contributed by atoms with Gasteiger partial charge in [0.2, 0.25) is 0 Å². The zero-order chi connectivity index (χ0) is 14.7. The van der Waals surface area contributed by atoms with Gasteiger partial charge in [-0.2, -0.15) is 0 Å². The predicted molar refractivity (Wildman–Crippen MR) is 83.2 cm³/mol. The quantitative estimate of drug-likeness (QED) is 0.890. The Labute approximate surface area is 127 Å². The number of aliphatic hydroxyl groups excluding tert-OH is 1. The van der Waals surface area contributed by atoms with E-state index in [2.05, 4.69) is 27.8 Å². The molecule has 0 spiro atoms. The monoisotopic (exact) mass is 335 g/mol. The fraction of sp³-hybridized carbons (Fsp3) is 0.312. The maximum atomic E-state index is 9.57. The lowest BCUT2D eigenvalue weighted by Gasteiger charge is -2.13. The van der Waals surface area contributed by atoms with Crippen LogP contribution in [0.5, 0.6) is 11.5 Å². The van der Waals surface area contributed by atoms with Crippen molar-refractivity contribution in [2.75, 3.05) is 0 Å². The molecular weight excluding hydrogens is 318 g/mol. The van der Waals surface area contributed by atoms with E-state index < -0.39 is 6.10 Å². The van der Waals surface area contributed by atoms with Crippen molar-refractivity contribution in [3.63, 3.8) is 0 Å². The molecule has 0 unspecified atom stereocenters. The van der Waals surface area contributed by atoms with Gasteiger partial charge < -0.3 is 9.84 Å². The highest BCUT2D eigenvalue weighted by Crippen LogP contribution is 2.33. The Morgan fingerprint density at radius 3 is 2.55 bits per heavy atom. The molecule has 1 N–H and O–H groups in total. The van der Waals surface area contributed by atoms with Gasteiger partial charge in [0.15, 0.2) is 0 Å². The second-order valence-electron chi connectivity index (χ2n) is 4.72. The number of aryl methyl sites for hydroxylation is 2. The van der Waals surface area contributed by atoms with Crippen LogP contribution in [0.25, 0.3) is 0 Å². The molecular formula is C16H18BrNO2. The van der Waals surface area contributed by atoms with Crippen LogP contribution in [0.3, 0.4) is 0 Å². The molecule has 4 heteroatoms. The number of benzene rings is 1. The van der Waals surface area contributed by atoms with Crippen LogP contribution in [-0.4, -0.2) is 10.1 Å². The molecule has 20 heavy (non-hydrogen) atoms. The zero-order valence-corrected chi connectivity index (χ0v) is 13.4. The average molecular weight is 336 g/mol. The molecule has 0 fully saturated rings. The number of rotatable bonds is 4. The molecule has 1 atom stereocenters. The van der Waals surface area contributed by atoms with Gasteiger partial charge in [-0.3, -0.25) is 4.98 Å². The van der Waals surface area contributed by atoms with Crippen molar-refractivity contribution in [3.8, 4) is 11.5 Å². The minimum atomic E-state index is -0.493. The molecule has 1 aromatic heterocycles. The number of pyridine rings is 1. The van der Waals surface area contributed by atoms with E-state index in [-0.39, 0.29) is 0 Å². The number of ether oxygens (including phenoxy) is 1. The van der Waals surface area contributed by atoms with Crippen molar-refractivity contribution in [1.29, 1.82) is 0 Å². The van der Waals surface area contributed by atoms with Crippen LogP contribution in [0.2, 0.25) is 0 Å². The van der Waals surface area contributed by atoms with E-state index in [0.29, 0.717) is 0 Å². The van der Waals surface area contributed by atoms with Crippen LogP contribution in [0.1, 0.15) is 36.9 Å². The van der Waals surface area contributed by atoms with Crippen LogP contribution in [0.15, 0.2) is 34.8 Å². The van der Waals surface area contributed by atoms with Crippen molar-refractivity contribution >= 4 is 15.9 Å². The van der Waals surface area contributed by atoms with Crippen molar-refractivity contribution in [3.05, 3.63) is 51.8 Å². The van der Waals surface area contributed by atoms with Crippen LogP contribution < -0.4 is 4.74 Å². The lowest BCUT2D eigenvalue weighted by atomic mass is 10.1. The Morgan fingerprint density at radius 1 is 1.25 bits per heavy atom. The van der Waals surface area contributed by atoms with Crippen molar-refractivity contribution in [1.82, 2.24) is 4.98 Å². The molecule has 0 aliphatic carbocycles. The van der Waals surface area contributed by atoms with Gasteiger partial charge in [0.1, 0.15) is 11.5 Å². The fourth-order valence-electron chi connectivity index (χ4n) is 1.92. The van der Waals surface area contributed by atoms with Gasteiger partial charge in [-0.05, 0) is 66.0 Å². The SMILES string of the molecule is CCc1nc(C)ccc1Oc1ccc([C@H](C)O)cc1Br. The topological polar surface area (TPSA) is 42.4 Å². The van der Waals surface area contributed by atoms with Crippen LogP contribution >= 0.6 is 15.9 Å². The standard InChI is InChI=1S/C16H18BrNO2/c1-4-14-16(7-5-10(2)18-14)20-15-8-6-12(11(3)19)9-13(15)17/h5-9,11,19H,4H2,1-3H3/t11-/m0/s1. The molecule has 0 aliphatic heterocycles. The molecule has 2 rings (SSSR count). The Bertz CT molecular complexity index is 611. The lowest BCUT2D eigenvalue weighted by molar-refractivity contribution is 0.199. The Hall–Kier alpha value is -1.39. The average Bonchev–Trinajstić information content (AvgIpc) is 2.42. The fourth-order valence-corrected chi connectivity index (χ4v) is 2.40. The first-order chi connectivity index (χ1) is 9.51. The first-order valence-corrected chi connectivity index (χ1v) is 7.42. The number of hydrogen-bond acceptors (Lipinski definition) is 3. The first kappa shape index (κ1) is 15.0. The Morgan fingerprint density at radius 2 is 1.95 bits per heavy atom. The zero-order valence-electron chi connectivity index (χ0n) is 11.9. The summed E-state index contributed by atoms with van der Waals surface area (Å²) in [6.45, 7) is 5.76.